The van der Waals surface area contributed by atoms with E-state index in [1.807, 2.05) is 6.08 Å². The van der Waals surface area contributed by atoms with Crippen molar-refractivity contribution in [2.75, 3.05) is 0 Å². The third kappa shape index (κ3) is 4.89. The maximum absolute atomic E-state index is 5.37. The first-order valence-electron chi connectivity index (χ1n) is 2.68. The first-order valence-corrected chi connectivity index (χ1v) is 2.68. The van der Waals surface area contributed by atoms with Crippen LogP contribution in [0.1, 0.15) is 0 Å². The zero-order valence-corrected chi connectivity index (χ0v) is 5.38. The molecule has 2 radical (unpaired) electrons. The Hall–Kier alpha value is -0.975. The minimum absolute atomic E-state index is 0.660. The molecule has 0 amide bonds. The molecular weight excluding hydrogens is 107 g/mol. The fourth-order valence-corrected chi connectivity index (χ4v) is 0.313. The molecule has 0 spiro atoms. The number of rotatable bonds is 3. The van der Waals surface area contributed by atoms with Crippen LogP contribution in [-0.4, -0.2) is 7.85 Å². The molecule has 0 unspecified atom stereocenters. The zero-order valence-electron chi connectivity index (χ0n) is 5.38. The van der Waals surface area contributed by atoms with Gasteiger partial charge in [0.25, 0.3) is 0 Å². The summed E-state index contributed by atoms with van der Waals surface area (Å²) in [7, 11) is 5.37. The maximum Gasteiger partial charge on any atom is 0.113 e. The molecule has 0 atom stereocenters. The van der Waals surface area contributed by atoms with Gasteiger partial charge in [-0.15, -0.1) is 0 Å². The van der Waals surface area contributed by atoms with Crippen LogP contribution in [0.4, 0.5) is 0 Å². The van der Waals surface area contributed by atoms with Crippen molar-refractivity contribution >= 4 is 7.85 Å². The summed E-state index contributed by atoms with van der Waals surface area (Å²) < 4.78 is 0. The lowest BCUT2D eigenvalue weighted by Crippen LogP contribution is -1.69. The molecule has 0 aliphatic heterocycles. The quantitative estimate of drug-likeness (QED) is 0.390. The highest BCUT2D eigenvalue weighted by molar-refractivity contribution is 6.23. The summed E-state index contributed by atoms with van der Waals surface area (Å²) in [6.45, 7) is 6.99. The van der Waals surface area contributed by atoms with Crippen LogP contribution in [0, 0.1) is 0 Å². The largest absolute Gasteiger partial charge is 0.113 e. The average molecular weight is 116 g/mol. The summed E-state index contributed by atoms with van der Waals surface area (Å²) in [5, 5.41) is 0. The predicted molar refractivity (Wildman–Crippen MR) is 43.4 cm³/mol. The van der Waals surface area contributed by atoms with Gasteiger partial charge >= 0.3 is 0 Å². The fraction of sp³-hybridized carbons (Fsp3) is 0. The topological polar surface area (TPSA) is 0 Å². The Balaban J connectivity index is 3.81. The van der Waals surface area contributed by atoms with Crippen molar-refractivity contribution in [1.29, 1.82) is 0 Å². The maximum atomic E-state index is 5.37. The molecule has 0 saturated heterocycles. The lowest BCUT2D eigenvalue weighted by molar-refractivity contribution is 1.86. The van der Waals surface area contributed by atoms with Crippen LogP contribution in [0.15, 0.2) is 49.0 Å². The van der Waals surface area contributed by atoms with E-state index in [9.17, 15) is 0 Å². The molecule has 0 aromatic carbocycles. The zero-order chi connectivity index (χ0) is 7.11. The SMILES string of the molecule is [B]/C(C=C)=C/C=C\C=C. The lowest BCUT2D eigenvalue weighted by atomic mass is 9.96. The van der Waals surface area contributed by atoms with Gasteiger partial charge in [-0.25, -0.2) is 0 Å². The van der Waals surface area contributed by atoms with E-state index in [1.54, 1.807) is 24.3 Å². The molecule has 44 valence electrons. The molecule has 9 heavy (non-hydrogen) atoms. The third-order valence-electron chi connectivity index (χ3n) is 0.772. The minimum Gasteiger partial charge on any atom is -0.0997 e. The highest BCUT2D eigenvalue weighted by Crippen LogP contribution is 1.87. The van der Waals surface area contributed by atoms with Crippen molar-refractivity contribution in [2.24, 2.45) is 0 Å². The molecule has 0 heterocycles. The summed E-state index contributed by atoms with van der Waals surface area (Å²) in [5.41, 5.74) is 0.660. The van der Waals surface area contributed by atoms with Crippen molar-refractivity contribution in [3.63, 3.8) is 0 Å². The summed E-state index contributed by atoms with van der Waals surface area (Å²) in [6, 6.07) is 0. The van der Waals surface area contributed by atoms with Crippen molar-refractivity contribution in [3.8, 4) is 0 Å². The van der Waals surface area contributed by atoms with E-state index >= 15 is 0 Å². The molecule has 0 nitrogen and oxygen atoms in total. The Morgan fingerprint density at radius 2 is 1.89 bits per heavy atom. The van der Waals surface area contributed by atoms with Gasteiger partial charge in [0.1, 0.15) is 7.85 Å². The number of hydrogen-bond donors (Lipinski definition) is 0. The predicted octanol–water partition coefficient (Wildman–Crippen LogP) is 1.97. The number of allylic oxidation sites excluding steroid dienone is 6. The van der Waals surface area contributed by atoms with E-state index in [2.05, 4.69) is 13.2 Å². The highest BCUT2D eigenvalue weighted by Gasteiger charge is 1.70. The van der Waals surface area contributed by atoms with E-state index in [4.69, 9.17) is 7.85 Å². The van der Waals surface area contributed by atoms with Gasteiger partial charge in [0, 0.05) is 0 Å². The average Bonchev–Trinajstić information content (AvgIpc) is 1.89. The fourth-order valence-electron chi connectivity index (χ4n) is 0.313. The second kappa shape index (κ2) is 5.17. The van der Waals surface area contributed by atoms with Crippen LogP contribution >= 0.6 is 0 Å². The van der Waals surface area contributed by atoms with Crippen molar-refractivity contribution in [3.05, 3.63) is 49.0 Å². The van der Waals surface area contributed by atoms with Gasteiger partial charge in [0.15, 0.2) is 0 Å². The second-order valence-corrected chi connectivity index (χ2v) is 1.49. The van der Waals surface area contributed by atoms with Gasteiger partial charge in [-0.1, -0.05) is 49.0 Å². The first-order chi connectivity index (χ1) is 4.31. The van der Waals surface area contributed by atoms with Gasteiger partial charge in [-0.2, -0.15) is 0 Å². The lowest BCUT2D eigenvalue weighted by Gasteiger charge is -1.82. The Bertz CT molecular complexity index is 152. The highest BCUT2D eigenvalue weighted by atomic mass is 13.7. The molecule has 0 saturated carbocycles. The van der Waals surface area contributed by atoms with Gasteiger partial charge in [0.05, 0.1) is 0 Å². The normalized spacial score (nSPS) is 11.8. The van der Waals surface area contributed by atoms with Gasteiger partial charge in [0.2, 0.25) is 0 Å². The van der Waals surface area contributed by atoms with E-state index in [0.29, 0.717) is 5.47 Å². The van der Waals surface area contributed by atoms with Crippen LogP contribution < -0.4 is 0 Å². The summed E-state index contributed by atoms with van der Waals surface area (Å²) in [5.74, 6) is 0. The van der Waals surface area contributed by atoms with E-state index in [-0.39, 0.29) is 0 Å². The molecule has 0 fully saturated rings. The summed E-state index contributed by atoms with van der Waals surface area (Å²) in [6.07, 6.45) is 8.65. The monoisotopic (exact) mass is 116 g/mol. The molecule has 0 aliphatic carbocycles. The van der Waals surface area contributed by atoms with E-state index in [1.165, 1.54) is 0 Å². The van der Waals surface area contributed by atoms with Crippen molar-refractivity contribution < 1.29 is 0 Å². The van der Waals surface area contributed by atoms with E-state index in [0.717, 1.165) is 0 Å². The molecular formula is C8H9B. The molecule has 1 heteroatoms. The van der Waals surface area contributed by atoms with Gasteiger partial charge in [-0.3, -0.25) is 0 Å². The molecule has 0 N–H and O–H groups in total. The molecule has 0 bridgehead atoms. The summed E-state index contributed by atoms with van der Waals surface area (Å²) >= 11 is 0. The molecule has 0 rings (SSSR count). The number of hydrogen-bond acceptors (Lipinski definition) is 0. The van der Waals surface area contributed by atoms with Crippen LogP contribution in [0.2, 0.25) is 0 Å². The van der Waals surface area contributed by atoms with Crippen molar-refractivity contribution in [2.45, 2.75) is 0 Å². The third-order valence-corrected chi connectivity index (χ3v) is 0.772. The van der Waals surface area contributed by atoms with Crippen LogP contribution in [-0.2, 0) is 0 Å². The van der Waals surface area contributed by atoms with Gasteiger partial charge < -0.3 is 0 Å². The molecule has 0 aromatic heterocycles. The summed E-state index contributed by atoms with van der Waals surface area (Å²) in [4.78, 5) is 0. The van der Waals surface area contributed by atoms with Crippen LogP contribution in [0.25, 0.3) is 0 Å². The first kappa shape index (κ1) is 8.02. The Morgan fingerprint density at radius 3 is 2.33 bits per heavy atom. The second-order valence-electron chi connectivity index (χ2n) is 1.49. The Labute approximate surface area is 57.7 Å². The molecule has 0 aliphatic rings. The Morgan fingerprint density at radius 1 is 1.22 bits per heavy atom. The van der Waals surface area contributed by atoms with Crippen LogP contribution in [0.5, 0.6) is 0 Å². The standard InChI is InChI=1S/C8H9B/c1-3-5-6-7-8(9)4-2/h3-7H,1-2H2/b6-5-,8-7+. The van der Waals surface area contributed by atoms with Gasteiger partial charge in [-0.05, 0) is 0 Å². The molecule has 0 aromatic rings. The van der Waals surface area contributed by atoms with Crippen LogP contribution in [0.3, 0.4) is 0 Å². The smallest absolute Gasteiger partial charge is 0.0997 e. The Kier molecular flexibility index (Phi) is 4.61. The van der Waals surface area contributed by atoms with Crippen molar-refractivity contribution in [1.82, 2.24) is 0 Å². The minimum atomic E-state index is 0.660. The van der Waals surface area contributed by atoms with E-state index < -0.39 is 0 Å².